The highest BCUT2D eigenvalue weighted by molar-refractivity contribution is 7.89. The lowest BCUT2D eigenvalue weighted by Crippen LogP contribution is -3.15. The lowest BCUT2D eigenvalue weighted by atomic mass is 9.93. The van der Waals surface area contributed by atoms with E-state index in [-0.39, 0.29) is 5.75 Å². The minimum atomic E-state index is -2.97. The summed E-state index contributed by atoms with van der Waals surface area (Å²) < 4.78 is 25.3. The Morgan fingerprint density at radius 1 is 1.21 bits per heavy atom. The second-order valence-corrected chi connectivity index (χ2v) is 8.55. The van der Waals surface area contributed by atoms with Gasteiger partial charge in [0.2, 0.25) is 10.0 Å². The maximum absolute atomic E-state index is 11.8. The predicted molar refractivity (Wildman–Crippen MR) is 75.4 cm³/mol. The average molecular weight is 285 g/mol. The molecular weight excluding hydrogens is 260 g/mol. The number of nitrogens with one attached hydrogen (secondary N) is 1. The third-order valence-corrected chi connectivity index (χ3v) is 7.04. The van der Waals surface area contributed by atoms with Crippen LogP contribution in [0, 0.1) is 17.8 Å². The Morgan fingerprint density at radius 3 is 2.47 bits per heavy atom. The van der Waals surface area contributed by atoms with E-state index in [1.807, 2.05) is 0 Å². The summed E-state index contributed by atoms with van der Waals surface area (Å²) in [5.74, 6) is 2.74. The smallest absolute Gasteiger partial charge is 0.214 e. The van der Waals surface area contributed by atoms with Crippen molar-refractivity contribution in [3.63, 3.8) is 0 Å². The van der Waals surface area contributed by atoms with E-state index < -0.39 is 10.0 Å². The number of sulfonamides is 1. The summed E-state index contributed by atoms with van der Waals surface area (Å²) in [5.41, 5.74) is 0. The van der Waals surface area contributed by atoms with E-state index in [0.29, 0.717) is 13.1 Å². The number of quaternary nitrogens is 1. The highest BCUT2D eigenvalue weighted by atomic mass is 32.2. The molecule has 19 heavy (non-hydrogen) atoms. The van der Waals surface area contributed by atoms with Crippen molar-refractivity contribution in [3.8, 4) is 0 Å². The highest BCUT2D eigenvalue weighted by Crippen LogP contribution is 2.42. The zero-order valence-corrected chi connectivity index (χ0v) is 12.5. The van der Waals surface area contributed by atoms with E-state index in [1.165, 1.54) is 19.4 Å². The van der Waals surface area contributed by atoms with Crippen LogP contribution in [0.2, 0.25) is 0 Å². The van der Waals surface area contributed by atoms with Crippen molar-refractivity contribution in [1.82, 2.24) is 4.31 Å². The summed E-state index contributed by atoms with van der Waals surface area (Å²) in [5, 5.41) is 0. The molecule has 5 heteroatoms. The molecule has 0 spiro atoms. The van der Waals surface area contributed by atoms with E-state index in [4.69, 9.17) is 0 Å². The number of hydrogen-bond acceptors (Lipinski definition) is 2. The van der Waals surface area contributed by atoms with E-state index in [0.717, 1.165) is 30.8 Å². The van der Waals surface area contributed by atoms with Crippen LogP contribution in [0.5, 0.6) is 0 Å². The molecule has 3 rings (SSSR count). The molecule has 3 aliphatic rings. The van der Waals surface area contributed by atoms with Crippen molar-refractivity contribution in [2.75, 3.05) is 38.5 Å². The van der Waals surface area contributed by atoms with Gasteiger partial charge in [-0.3, -0.25) is 0 Å². The van der Waals surface area contributed by atoms with Crippen molar-refractivity contribution < 1.29 is 13.3 Å². The molecule has 0 amide bonds. The van der Waals surface area contributed by atoms with Gasteiger partial charge in [-0.05, 0) is 31.6 Å². The van der Waals surface area contributed by atoms with Crippen LogP contribution >= 0.6 is 0 Å². The number of fused-ring (bicyclic) bond motifs is 2. The molecule has 2 aliphatic carbocycles. The summed E-state index contributed by atoms with van der Waals surface area (Å²) >= 11 is 0. The summed E-state index contributed by atoms with van der Waals surface area (Å²) in [6, 6.07) is 0. The first-order chi connectivity index (χ1) is 9.08. The number of nitrogens with zero attached hydrogens (tertiary/aromatic N) is 1. The normalized spacial score (nSPS) is 36.2. The largest absolute Gasteiger partial charge is 0.333 e. The average Bonchev–Trinajstić information content (AvgIpc) is 3.02. The van der Waals surface area contributed by atoms with E-state index in [1.54, 1.807) is 16.1 Å². The lowest BCUT2D eigenvalue weighted by Gasteiger charge is -2.33. The fourth-order valence-electron chi connectivity index (χ4n) is 3.97. The van der Waals surface area contributed by atoms with Crippen molar-refractivity contribution >= 4 is 10.0 Å². The molecule has 0 unspecified atom stereocenters. The van der Waals surface area contributed by atoms with Crippen LogP contribution in [0.15, 0.2) is 12.2 Å². The molecule has 1 heterocycles. The van der Waals surface area contributed by atoms with Gasteiger partial charge in [0.15, 0.2) is 0 Å². The molecule has 108 valence electrons. The van der Waals surface area contributed by atoms with Gasteiger partial charge in [-0.15, -0.1) is 0 Å². The predicted octanol–water partition coefficient (Wildman–Crippen LogP) is -0.251. The van der Waals surface area contributed by atoms with Gasteiger partial charge in [-0.25, -0.2) is 8.42 Å². The molecule has 1 saturated carbocycles. The number of allylic oxidation sites excluding steroid dienone is 2. The van der Waals surface area contributed by atoms with Gasteiger partial charge in [0.05, 0.1) is 38.5 Å². The first-order valence-corrected chi connectivity index (χ1v) is 9.19. The third kappa shape index (κ3) is 2.73. The van der Waals surface area contributed by atoms with Gasteiger partial charge in [0.1, 0.15) is 0 Å². The van der Waals surface area contributed by atoms with Gasteiger partial charge >= 0.3 is 0 Å². The highest BCUT2D eigenvalue weighted by Gasteiger charge is 2.38. The van der Waals surface area contributed by atoms with Crippen LogP contribution in [0.1, 0.15) is 19.8 Å². The molecule has 0 radical (unpaired) electrons. The lowest BCUT2D eigenvalue weighted by molar-refractivity contribution is -0.907. The van der Waals surface area contributed by atoms with Gasteiger partial charge < -0.3 is 4.90 Å². The quantitative estimate of drug-likeness (QED) is 0.724. The maximum Gasteiger partial charge on any atom is 0.214 e. The summed E-state index contributed by atoms with van der Waals surface area (Å²) in [4.78, 5) is 1.61. The molecular formula is C14H25N2O2S+. The zero-order valence-electron chi connectivity index (χ0n) is 11.7. The topological polar surface area (TPSA) is 41.8 Å². The van der Waals surface area contributed by atoms with Crippen molar-refractivity contribution in [2.45, 2.75) is 19.8 Å². The maximum atomic E-state index is 11.8. The molecule has 2 fully saturated rings. The van der Waals surface area contributed by atoms with Gasteiger partial charge in [0, 0.05) is 5.92 Å². The summed E-state index contributed by atoms with van der Waals surface area (Å²) in [7, 11) is -2.97. The van der Waals surface area contributed by atoms with E-state index in [2.05, 4.69) is 12.2 Å². The number of hydrogen-bond donors (Lipinski definition) is 1. The third-order valence-electron chi connectivity index (χ3n) is 5.15. The van der Waals surface area contributed by atoms with Crippen molar-refractivity contribution in [2.24, 2.45) is 17.8 Å². The Bertz CT molecular complexity index is 452. The molecule has 3 atom stereocenters. The van der Waals surface area contributed by atoms with Gasteiger partial charge in [-0.2, -0.15) is 4.31 Å². The van der Waals surface area contributed by atoms with Crippen LogP contribution in [0.3, 0.4) is 0 Å². The molecule has 0 aromatic heterocycles. The SMILES string of the molecule is CCS(=O)(=O)N1CC[NH+](C[C@@H]2C[C@H]3C=C[C@@H]2C3)CC1. The van der Waals surface area contributed by atoms with Crippen LogP contribution in [-0.2, 0) is 10.0 Å². The molecule has 1 N–H and O–H groups in total. The Morgan fingerprint density at radius 2 is 1.95 bits per heavy atom. The summed E-state index contributed by atoms with van der Waals surface area (Å²) in [6.45, 7) is 6.36. The summed E-state index contributed by atoms with van der Waals surface area (Å²) in [6.07, 6.45) is 7.54. The van der Waals surface area contributed by atoms with Crippen molar-refractivity contribution in [3.05, 3.63) is 12.2 Å². The molecule has 0 aromatic rings. The molecule has 1 saturated heterocycles. The fraction of sp³-hybridized carbons (Fsp3) is 0.857. The van der Waals surface area contributed by atoms with Crippen LogP contribution in [-0.4, -0.2) is 51.2 Å². The monoisotopic (exact) mass is 285 g/mol. The fourth-order valence-corrected chi connectivity index (χ4v) is 5.07. The molecule has 2 bridgehead atoms. The molecule has 4 nitrogen and oxygen atoms in total. The Hall–Kier alpha value is -0.390. The van der Waals surface area contributed by atoms with Crippen LogP contribution < -0.4 is 4.90 Å². The Labute approximate surface area is 116 Å². The standard InChI is InChI=1S/C14H24N2O2S/c1-2-19(17,18)16-7-5-15(6-8-16)11-14-10-12-3-4-13(14)9-12/h3-4,12-14H,2,5-11H2,1H3/p+1/t12-,13+,14-/m0/s1. The van der Waals surface area contributed by atoms with E-state index in [9.17, 15) is 8.42 Å². The zero-order chi connectivity index (χ0) is 13.5. The van der Waals surface area contributed by atoms with Crippen molar-refractivity contribution in [1.29, 1.82) is 0 Å². The van der Waals surface area contributed by atoms with Crippen LogP contribution in [0.25, 0.3) is 0 Å². The molecule has 1 aliphatic heterocycles. The Balaban J connectivity index is 1.50. The second kappa shape index (κ2) is 5.19. The first kappa shape index (κ1) is 13.6. The van der Waals surface area contributed by atoms with Crippen LogP contribution in [0.4, 0.5) is 0 Å². The van der Waals surface area contributed by atoms with E-state index >= 15 is 0 Å². The Kier molecular flexibility index (Phi) is 3.71. The minimum Gasteiger partial charge on any atom is -0.333 e. The van der Waals surface area contributed by atoms with Gasteiger partial charge in [0.25, 0.3) is 0 Å². The minimum absolute atomic E-state index is 0.236. The second-order valence-electron chi connectivity index (χ2n) is 6.29. The number of piperazine rings is 1. The molecule has 0 aromatic carbocycles. The first-order valence-electron chi connectivity index (χ1n) is 7.58. The van der Waals surface area contributed by atoms with Gasteiger partial charge in [-0.1, -0.05) is 12.2 Å². The number of rotatable bonds is 4.